The number of hydrogen-bond acceptors (Lipinski definition) is 5. The molecule has 1 amide bonds. The van der Waals surface area contributed by atoms with Gasteiger partial charge in [0.15, 0.2) is 0 Å². The number of aryl methyl sites for hydroxylation is 2. The molecular weight excluding hydrogens is 391 g/mol. The van der Waals surface area contributed by atoms with Gasteiger partial charge >= 0.3 is 6.18 Å². The number of thioether (sulfide) groups is 1. The Bertz CT molecular complexity index is 1050. The van der Waals surface area contributed by atoms with Gasteiger partial charge in [-0.3, -0.25) is 9.48 Å². The number of halogens is 3. The predicted molar refractivity (Wildman–Crippen MR) is 101 cm³/mol. The van der Waals surface area contributed by atoms with E-state index in [1.54, 1.807) is 43.8 Å². The monoisotopic (exact) mass is 409 g/mol. The van der Waals surface area contributed by atoms with Crippen molar-refractivity contribution in [3.63, 3.8) is 0 Å². The van der Waals surface area contributed by atoms with Crippen LogP contribution in [-0.4, -0.2) is 30.9 Å². The Labute approximate surface area is 163 Å². The zero-order valence-corrected chi connectivity index (χ0v) is 16.4. The Balaban J connectivity index is 1.90. The Morgan fingerprint density at radius 3 is 2.50 bits per heavy atom. The zero-order chi connectivity index (χ0) is 20.6. The van der Waals surface area contributed by atoms with Gasteiger partial charge in [-0.15, -0.1) is 0 Å². The largest absolute Gasteiger partial charge is 0.451 e. The van der Waals surface area contributed by atoms with Crippen LogP contribution in [0, 0.1) is 13.8 Å². The molecule has 0 saturated heterocycles. The number of alkyl halides is 3. The minimum Gasteiger partial charge on any atom is -0.322 e. The molecule has 0 fully saturated rings. The van der Waals surface area contributed by atoms with E-state index in [-0.39, 0.29) is 16.4 Å². The molecule has 1 N–H and O–H groups in total. The van der Waals surface area contributed by atoms with Crippen molar-refractivity contribution in [2.75, 3.05) is 5.32 Å². The smallest absolute Gasteiger partial charge is 0.322 e. The number of amides is 1. The van der Waals surface area contributed by atoms with Gasteiger partial charge in [-0.1, -0.05) is 30.0 Å². The highest BCUT2D eigenvalue weighted by atomic mass is 32.2. The third-order valence-electron chi connectivity index (χ3n) is 4.24. The Kier molecular flexibility index (Phi) is 5.33. The zero-order valence-electron chi connectivity index (χ0n) is 15.6. The van der Waals surface area contributed by atoms with Crippen molar-refractivity contribution in [3.05, 3.63) is 41.5 Å². The molecule has 2 aromatic heterocycles. The number of aromatic nitrogens is 4. The van der Waals surface area contributed by atoms with Gasteiger partial charge < -0.3 is 5.32 Å². The molecule has 0 spiro atoms. The standard InChI is InChI=1S/C18H18F3N5OS/c1-9-14(10(2)26(4)25-9)23-15(27)11(3)28-16-12-7-5-6-8-13(12)22-17(24-16)18(19,20)21/h5-8,11H,1-4H3,(H,23,27). The molecule has 6 nitrogen and oxygen atoms in total. The van der Waals surface area contributed by atoms with E-state index < -0.39 is 17.3 Å². The first kappa shape index (κ1) is 20.1. The number of carbonyl (C=O) groups excluding carboxylic acids is 1. The van der Waals surface area contributed by atoms with E-state index in [4.69, 9.17) is 0 Å². The molecule has 0 bridgehead atoms. The van der Waals surface area contributed by atoms with Crippen LogP contribution >= 0.6 is 11.8 Å². The van der Waals surface area contributed by atoms with Crippen molar-refractivity contribution in [2.45, 2.75) is 37.2 Å². The van der Waals surface area contributed by atoms with Crippen molar-refractivity contribution >= 4 is 34.3 Å². The molecule has 0 aliphatic carbocycles. The van der Waals surface area contributed by atoms with Gasteiger partial charge in [0.25, 0.3) is 0 Å². The van der Waals surface area contributed by atoms with Gasteiger partial charge in [0.1, 0.15) is 5.03 Å². The highest BCUT2D eigenvalue weighted by Crippen LogP contribution is 2.34. The highest BCUT2D eigenvalue weighted by molar-refractivity contribution is 8.00. The molecule has 28 heavy (non-hydrogen) atoms. The van der Waals surface area contributed by atoms with Gasteiger partial charge in [0.05, 0.1) is 27.8 Å². The van der Waals surface area contributed by atoms with E-state index >= 15 is 0 Å². The quantitative estimate of drug-likeness (QED) is 0.518. The summed E-state index contributed by atoms with van der Waals surface area (Å²) in [6.45, 7) is 5.21. The lowest BCUT2D eigenvalue weighted by Crippen LogP contribution is -2.23. The molecule has 1 aromatic carbocycles. The first-order valence-electron chi connectivity index (χ1n) is 8.39. The third kappa shape index (κ3) is 3.96. The lowest BCUT2D eigenvalue weighted by Gasteiger charge is -2.14. The average molecular weight is 409 g/mol. The Morgan fingerprint density at radius 1 is 1.21 bits per heavy atom. The highest BCUT2D eigenvalue weighted by Gasteiger charge is 2.36. The van der Waals surface area contributed by atoms with Crippen molar-refractivity contribution < 1.29 is 18.0 Å². The maximum Gasteiger partial charge on any atom is 0.451 e. The molecular formula is C18H18F3N5OS. The normalized spacial score (nSPS) is 13.0. The van der Waals surface area contributed by atoms with E-state index in [1.807, 2.05) is 6.92 Å². The average Bonchev–Trinajstić information content (AvgIpc) is 2.86. The molecule has 3 aromatic rings. The van der Waals surface area contributed by atoms with Crippen LogP contribution in [0.4, 0.5) is 18.9 Å². The van der Waals surface area contributed by atoms with Gasteiger partial charge in [-0.25, -0.2) is 9.97 Å². The Hall–Kier alpha value is -2.62. The maximum atomic E-state index is 13.1. The molecule has 0 aliphatic heterocycles. The van der Waals surface area contributed by atoms with Crippen LogP contribution in [-0.2, 0) is 18.0 Å². The third-order valence-corrected chi connectivity index (χ3v) is 5.34. The number of para-hydroxylation sites is 1. The number of anilines is 1. The fourth-order valence-corrected chi connectivity index (χ4v) is 3.60. The lowest BCUT2D eigenvalue weighted by atomic mass is 10.2. The maximum absolute atomic E-state index is 13.1. The summed E-state index contributed by atoms with van der Waals surface area (Å²) in [7, 11) is 1.77. The second kappa shape index (κ2) is 7.42. The molecule has 0 saturated carbocycles. The number of hydrogen-bond donors (Lipinski definition) is 1. The van der Waals surface area contributed by atoms with Crippen LogP contribution in [0.15, 0.2) is 29.3 Å². The number of rotatable bonds is 4. The number of carbonyl (C=O) groups is 1. The van der Waals surface area contributed by atoms with Crippen molar-refractivity contribution in [1.29, 1.82) is 0 Å². The van der Waals surface area contributed by atoms with Crippen LogP contribution in [0.3, 0.4) is 0 Å². The summed E-state index contributed by atoms with van der Waals surface area (Å²) in [6, 6.07) is 6.42. The molecule has 148 valence electrons. The van der Waals surface area contributed by atoms with Crippen molar-refractivity contribution in [1.82, 2.24) is 19.7 Å². The van der Waals surface area contributed by atoms with Gasteiger partial charge in [-0.05, 0) is 26.8 Å². The van der Waals surface area contributed by atoms with E-state index in [1.165, 1.54) is 6.07 Å². The predicted octanol–water partition coefficient (Wildman–Crippen LogP) is 4.12. The van der Waals surface area contributed by atoms with Crippen LogP contribution in [0.1, 0.15) is 24.1 Å². The summed E-state index contributed by atoms with van der Waals surface area (Å²) in [6.07, 6.45) is -4.67. The fourth-order valence-electron chi connectivity index (χ4n) is 2.66. The summed E-state index contributed by atoms with van der Waals surface area (Å²) in [5.74, 6) is -1.57. The molecule has 1 unspecified atom stereocenters. The van der Waals surface area contributed by atoms with Gasteiger partial charge in [-0.2, -0.15) is 18.3 Å². The molecule has 10 heteroatoms. The van der Waals surface area contributed by atoms with Crippen LogP contribution < -0.4 is 5.32 Å². The van der Waals surface area contributed by atoms with Crippen LogP contribution in [0.5, 0.6) is 0 Å². The summed E-state index contributed by atoms with van der Waals surface area (Å²) >= 11 is 0.959. The van der Waals surface area contributed by atoms with E-state index in [0.29, 0.717) is 16.8 Å². The fraction of sp³-hybridized carbons (Fsp3) is 0.333. The molecule has 2 heterocycles. The molecule has 1 atom stereocenters. The number of fused-ring (bicyclic) bond motifs is 1. The molecule has 0 aliphatic rings. The minimum absolute atomic E-state index is 0.111. The van der Waals surface area contributed by atoms with Crippen LogP contribution in [0.25, 0.3) is 10.9 Å². The SMILES string of the molecule is Cc1nn(C)c(C)c1NC(=O)C(C)Sc1nc(C(F)(F)F)nc2ccccc12. The first-order valence-corrected chi connectivity index (χ1v) is 9.27. The van der Waals surface area contributed by atoms with Crippen molar-refractivity contribution in [3.8, 4) is 0 Å². The minimum atomic E-state index is -4.67. The lowest BCUT2D eigenvalue weighted by molar-refractivity contribution is -0.145. The summed E-state index contributed by atoms with van der Waals surface area (Å²) in [5, 5.41) is 6.94. The van der Waals surface area contributed by atoms with Gasteiger partial charge in [0, 0.05) is 12.4 Å². The van der Waals surface area contributed by atoms with E-state index in [0.717, 1.165) is 17.5 Å². The van der Waals surface area contributed by atoms with E-state index in [9.17, 15) is 18.0 Å². The summed E-state index contributed by atoms with van der Waals surface area (Å²) in [5.41, 5.74) is 2.23. The summed E-state index contributed by atoms with van der Waals surface area (Å²) in [4.78, 5) is 19.9. The van der Waals surface area contributed by atoms with Crippen molar-refractivity contribution in [2.24, 2.45) is 7.05 Å². The van der Waals surface area contributed by atoms with Gasteiger partial charge in [0.2, 0.25) is 11.7 Å². The number of nitrogens with zero attached hydrogens (tertiary/aromatic N) is 4. The number of nitrogens with one attached hydrogen (secondary N) is 1. The molecule has 0 radical (unpaired) electrons. The molecule has 3 rings (SSSR count). The first-order chi connectivity index (χ1) is 13.1. The summed E-state index contributed by atoms with van der Waals surface area (Å²) < 4.78 is 41.1. The van der Waals surface area contributed by atoms with E-state index in [2.05, 4.69) is 20.4 Å². The topological polar surface area (TPSA) is 72.7 Å². The Morgan fingerprint density at radius 2 is 1.89 bits per heavy atom. The second-order valence-corrected chi connectivity index (χ2v) is 7.62. The second-order valence-electron chi connectivity index (χ2n) is 6.29. The van der Waals surface area contributed by atoms with Crippen LogP contribution in [0.2, 0.25) is 0 Å². The number of benzene rings is 1.